The highest BCUT2D eigenvalue weighted by molar-refractivity contribution is 5.81. The van der Waals surface area contributed by atoms with E-state index in [1.165, 1.54) is 116 Å². The summed E-state index contributed by atoms with van der Waals surface area (Å²) in [5.41, 5.74) is 13.1. The minimum Gasteiger partial charge on any atom is -0.0654 e. The van der Waals surface area contributed by atoms with Gasteiger partial charge in [-0.2, -0.15) is 0 Å². The van der Waals surface area contributed by atoms with E-state index in [-0.39, 0.29) is 0 Å². The lowest BCUT2D eigenvalue weighted by atomic mass is 9.74. The van der Waals surface area contributed by atoms with Gasteiger partial charge in [-0.3, -0.25) is 0 Å². The van der Waals surface area contributed by atoms with Crippen LogP contribution in [-0.4, -0.2) is 0 Å². The van der Waals surface area contributed by atoms with E-state index >= 15 is 0 Å². The van der Waals surface area contributed by atoms with Crippen LogP contribution in [0.25, 0.3) is 11.1 Å². The number of unbranched alkanes of at least 4 members (excludes halogenated alkanes) is 10. The van der Waals surface area contributed by atoms with Crippen molar-refractivity contribution in [2.24, 2.45) is 0 Å². The van der Waals surface area contributed by atoms with E-state index in [1.54, 1.807) is 44.5 Å². The summed E-state index contributed by atoms with van der Waals surface area (Å²) in [6.45, 7) is 4.61. The van der Waals surface area contributed by atoms with Gasteiger partial charge in [0.05, 0.1) is 0 Å². The van der Waals surface area contributed by atoms with Crippen LogP contribution >= 0.6 is 0 Å². The Labute approximate surface area is 198 Å². The van der Waals surface area contributed by atoms with E-state index in [2.05, 4.69) is 38.1 Å². The largest absolute Gasteiger partial charge is 0.0654 e. The Bertz CT molecular complexity index is 748. The van der Waals surface area contributed by atoms with Crippen LogP contribution in [-0.2, 0) is 38.5 Å². The number of hydrogen-bond acceptors (Lipinski definition) is 0. The molecule has 0 amide bonds. The summed E-state index contributed by atoms with van der Waals surface area (Å²) in [6.07, 6.45) is 24.3. The lowest BCUT2D eigenvalue weighted by Gasteiger charge is -2.31. The minimum atomic E-state index is 1.25. The van der Waals surface area contributed by atoms with Gasteiger partial charge in [0, 0.05) is 0 Å². The van der Waals surface area contributed by atoms with Crippen LogP contribution < -0.4 is 0 Å². The quantitative estimate of drug-likeness (QED) is 0.262. The second kappa shape index (κ2) is 12.1. The van der Waals surface area contributed by atoms with Gasteiger partial charge in [0.15, 0.2) is 0 Å². The zero-order chi connectivity index (χ0) is 22.2. The average molecular weight is 431 g/mol. The fourth-order valence-electron chi connectivity index (χ4n) is 6.16. The first-order valence-electron chi connectivity index (χ1n) is 14.1. The lowest BCUT2D eigenvalue weighted by molar-refractivity contribution is 0.607. The van der Waals surface area contributed by atoms with Crippen molar-refractivity contribution >= 4 is 0 Å². The van der Waals surface area contributed by atoms with Crippen molar-refractivity contribution in [2.45, 2.75) is 129 Å². The van der Waals surface area contributed by atoms with Gasteiger partial charge in [-0.15, -0.1) is 0 Å². The van der Waals surface area contributed by atoms with Crippen molar-refractivity contribution in [2.75, 3.05) is 0 Å². The number of rotatable bonds is 14. The predicted molar refractivity (Wildman–Crippen MR) is 141 cm³/mol. The summed E-state index contributed by atoms with van der Waals surface area (Å²) < 4.78 is 0. The van der Waals surface area contributed by atoms with E-state index in [9.17, 15) is 0 Å². The van der Waals surface area contributed by atoms with Crippen molar-refractivity contribution < 1.29 is 0 Å². The predicted octanol–water partition coefficient (Wildman–Crippen LogP) is 9.36. The fraction of sp³-hybridized carbons (Fsp3) is 0.625. The summed E-state index contributed by atoms with van der Waals surface area (Å²) in [5.74, 6) is 0. The summed E-state index contributed by atoms with van der Waals surface area (Å²) in [4.78, 5) is 0. The van der Waals surface area contributed by atoms with E-state index < -0.39 is 0 Å². The van der Waals surface area contributed by atoms with Crippen LogP contribution in [0.4, 0.5) is 0 Å². The first kappa shape index (κ1) is 23.6. The molecule has 2 aromatic rings. The van der Waals surface area contributed by atoms with Gasteiger partial charge in [0.1, 0.15) is 0 Å². The molecule has 174 valence electrons. The number of aryl methyl sites for hydroxylation is 6. The molecule has 0 radical (unpaired) electrons. The molecule has 0 spiro atoms. The SMILES string of the molecule is CCCCCCCCc1cc2c3c(c1)CCc1cc(CCCCCCCC)cc(c1-3)CC2. The maximum Gasteiger partial charge on any atom is -0.0114 e. The first-order chi connectivity index (χ1) is 15.8. The molecule has 0 aromatic heterocycles. The molecule has 0 heteroatoms. The molecule has 0 saturated heterocycles. The van der Waals surface area contributed by atoms with Crippen LogP contribution in [0, 0.1) is 0 Å². The molecule has 0 bridgehead atoms. The Kier molecular flexibility index (Phi) is 8.89. The van der Waals surface area contributed by atoms with Crippen LogP contribution in [0.2, 0.25) is 0 Å². The van der Waals surface area contributed by atoms with Crippen LogP contribution in [0.5, 0.6) is 0 Å². The van der Waals surface area contributed by atoms with E-state index in [0.717, 1.165) is 0 Å². The highest BCUT2D eigenvalue weighted by atomic mass is 14.3. The van der Waals surface area contributed by atoms with Crippen molar-refractivity contribution in [3.63, 3.8) is 0 Å². The van der Waals surface area contributed by atoms with Crippen LogP contribution in [0.1, 0.15) is 124 Å². The standard InChI is InChI=1S/C32H46/c1-3-5-7-9-11-13-15-25-21-27-17-19-29-23-26(16-14-12-10-8-6-4-2)24-30-20-18-28(22-25)31(27)32(29)30/h21-24H,3-20H2,1-2H3. The van der Waals surface area contributed by atoms with E-state index in [4.69, 9.17) is 0 Å². The second-order valence-electron chi connectivity index (χ2n) is 10.6. The average Bonchev–Trinajstić information content (AvgIpc) is 2.81. The van der Waals surface area contributed by atoms with Gasteiger partial charge in [0.25, 0.3) is 0 Å². The monoisotopic (exact) mass is 430 g/mol. The topological polar surface area (TPSA) is 0 Å². The third kappa shape index (κ3) is 5.86. The Morgan fingerprint density at radius 1 is 0.438 bits per heavy atom. The molecule has 2 aromatic carbocycles. The molecule has 32 heavy (non-hydrogen) atoms. The zero-order valence-electron chi connectivity index (χ0n) is 21.0. The van der Waals surface area contributed by atoms with Gasteiger partial charge in [-0.1, -0.05) is 102 Å². The molecule has 0 saturated carbocycles. The molecule has 0 atom stereocenters. The fourth-order valence-corrected chi connectivity index (χ4v) is 6.16. The maximum absolute atomic E-state index is 2.58. The minimum absolute atomic E-state index is 1.25. The summed E-state index contributed by atoms with van der Waals surface area (Å²) in [5, 5.41) is 0. The van der Waals surface area contributed by atoms with Crippen molar-refractivity contribution in [3.05, 3.63) is 57.6 Å². The molecule has 0 unspecified atom stereocenters. The highest BCUT2D eigenvalue weighted by Gasteiger charge is 2.26. The summed E-state index contributed by atoms with van der Waals surface area (Å²) in [7, 11) is 0. The Morgan fingerprint density at radius 2 is 0.750 bits per heavy atom. The Hall–Kier alpha value is -1.56. The van der Waals surface area contributed by atoms with Gasteiger partial charge >= 0.3 is 0 Å². The zero-order valence-corrected chi connectivity index (χ0v) is 21.0. The number of hydrogen-bond donors (Lipinski definition) is 0. The normalized spacial score (nSPS) is 13.9. The smallest absolute Gasteiger partial charge is 0.0114 e. The highest BCUT2D eigenvalue weighted by Crippen LogP contribution is 2.43. The van der Waals surface area contributed by atoms with Gasteiger partial charge in [0.2, 0.25) is 0 Å². The third-order valence-electron chi connectivity index (χ3n) is 7.94. The molecule has 0 N–H and O–H groups in total. The molecule has 4 rings (SSSR count). The van der Waals surface area contributed by atoms with Crippen molar-refractivity contribution in [1.29, 1.82) is 0 Å². The molecule has 0 fully saturated rings. The molecular weight excluding hydrogens is 384 g/mol. The summed E-state index contributed by atoms with van der Waals surface area (Å²) in [6, 6.07) is 10.3. The van der Waals surface area contributed by atoms with Gasteiger partial charge < -0.3 is 0 Å². The second-order valence-corrected chi connectivity index (χ2v) is 10.6. The third-order valence-corrected chi connectivity index (χ3v) is 7.94. The van der Waals surface area contributed by atoms with Crippen LogP contribution in [0.15, 0.2) is 24.3 Å². The number of benzene rings is 2. The van der Waals surface area contributed by atoms with Gasteiger partial charge in [-0.05, 0) is 95.9 Å². The maximum atomic E-state index is 2.58. The van der Waals surface area contributed by atoms with Crippen molar-refractivity contribution in [3.8, 4) is 11.1 Å². The molecule has 0 aliphatic heterocycles. The van der Waals surface area contributed by atoms with Crippen LogP contribution in [0.3, 0.4) is 0 Å². The lowest BCUT2D eigenvalue weighted by Crippen LogP contribution is -2.15. The Morgan fingerprint density at radius 3 is 1.09 bits per heavy atom. The van der Waals surface area contributed by atoms with Gasteiger partial charge in [-0.25, -0.2) is 0 Å². The Balaban J connectivity index is 1.41. The molecule has 2 aliphatic rings. The first-order valence-corrected chi connectivity index (χ1v) is 14.1. The summed E-state index contributed by atoms with van der Waals surface area (Å²) >= 11 is 0. The molecular formula is C32H46. The van der Waals surface area contributed by atoms with Crippen molar-refractivity contribution in [1.82, 2.24) is 0 Å². The molecule has 2 aliphatic carbocycles. The van der Waals surface area contributed by atoms with E-state index in [1.807, 2.05) is 0 Å². The molecule has 0 heterocycles. The van der Waals surface area contributed by atoms with E-state index in [0.29, 0.717) is 0 Å². The molecule has 0 nitrogen and oxygen atoms in total.